The minimum absolute atomic E-state index is 0.0266. The van der Waals surface area contributed by atoms with Gasteiger partial charge in [0.15, 0.2) is 0 Å². The summed E-state index contributed by atoms with van der Waals surface area (Å²) in [6.07, 6.45) is 0.787. The molecule has 2 atom stereocenters. The molecular weight excluding hydrogens is 448 g/mol. The number of alkyl carbamates (subject to hydrolysis) is 1. The van der Waals surface area contributed by atoms with Gasteiger partial charge >= 0.3 is 12.1 Å². The van der Waals surface area contributed by atoms with Crippen LogP contribution >= 0.6 is 0 Å². The molecule has 3 aromatic rings. The molecule has 1 aliphatic carbocycles. The molecule has 2 amide bonds. The Morgan fingerprint density at radius 1 is 1.06 bits per heavy atom. The average molecular weight is 477 g/mol. The lowest BCUT2D eigenvalue weighted by molar-refractivity contribution is -0.141. The van der Waals surface area contributed by atoms with E-state index in [1.165, 1.54) is 17.8 Å². The summed E-state index contributed by atoms with van der Waals surface area (Å²) in [5.74, 6) is -2.26. The van der Waals surface area contributed by atoms with Gasteiger partial charge in [0, 0.05) is 19.0 Å². The van der Waals surface area contributed by atoms with Crippen LogP contribution in [-0.4, -0.2) is 45.5 Å². The van der Waals surface area contributed by atoms with E-state index in [0.29, 0.717) is 5.69 Å². The molecule has 1 heterocycles. The molecule has 0 spiro atoms. The van der Waals surface area contributed by atoms with Crippen molar-refractivity contribution in [2.75, 3.05) is 6.61 Å². The fourth-order valence-electron chi connectivity index (χ4n) is 4.29. The van der Waals surface area contributed by atoms with Crippen LogP contribution in [0.3, 0.4) is 0 Å². The molecule has 0 saturated heterocycles. The van der Waals surface area contributed by atoms with Gasteiger partial charge < -0.3 is 20.5 Å². The van der Waals surface area contributed by atoms with Crippen LogP contribution in [0.2, 0.25) is 0 Å². The van der Waals surface area contributed by atoms with Crippen LogP contribution in [0.5, 0.6) is 0 Å². The van der Waals surface area contributed by atoms with Crippen molar-refractivity contribution in [1.29, 1.82) is 0 Å². The minimum Gasteiger partial charge on any atom is -0.481 e. The van der Waals surface area contributed by atoms with Gasteiger partial charge in [0.1, 0.15) is 6.61 Å². The quantitative estimate of drug-likeness (QED) is 0.459. The maximum Gasteiger partial charge on any atom is 0.407 e. The third-order valence-electron chi connectivity index (χ3n) is 6.55. The van der Waals surface area contributed by atoms with Crippen LogP contribution < -0.4 is 10.6 Å². The predicted octanol–water partition coefficient (Wildman–Crippen LogP) is 3.30. The van der Waals surface area contributed by atoms with Gasteiger partial charge in [-0.1, -0.05) is 48.5 Å². The molecule has 2 unspecified atom stereocenters. The van der Waals surface area contributed by atoms with Gasteiger partial charge in [0.2, 0.25) is 0 Å². The molecule has 4 rings (SSSR count). The third kappa shape index (κ3) is 4.89. The van der Waals surface area contributed by atoms with Gasteiger partial charge in [-0.15, -0.1) is 0 Å². The van der Waals surface area contributed by atoms with Crippen molar-refractivity contribution in [2.45, 2.75) is 32.4 Å². The first-order valence-electron chi connectivity index (χ1n) is 11.4. The number of nitrogens with one attached hydrogen (secondary N) is 2. The smallest absolute Gasteiger partial charge is 0.407 e. The summed E-state index contributed by atoms with van der Waals surface area (Å²) in [6.45, 7) is 3.36. The fourth-order valence-corrected chi connectivity index (χ4v) is 4.29. The predicted molar refractivity (Wildman–Crippen MR) is 129 cm³/mol. The van der Waals surface area contributed by atoms with Crippen LogP contribution in [0.15, 0.2) is 54.7 Å². The summed E-state index contributed by atoms with van der Waals surface area (Å²) in [4.78, 5) is 36.4. The van der Waals surface area contributed by atoms with E-state index in [9.17, 15) is 14.4 Å². The van der Waals surface area contributed by atoms with Crippen molar-refractivity contribution in [3.8, 4) is 11.1 Å². The lowest BCUT2D eigenvalue weighted by Crippen LogP contribution is -2.40. The molecule has 9 nitrogen and oxygen atoms in total. The number of amides is 2. The van der Waals surface area contributed by atoms with Crippen LogP contribution in [0.25, 0.3) is 11.1 Å². The highest BCUT2D eigenvalue weighted by molar-refractivity contribution is 5.95. The number of hydrogen-bond donors (Lipinski definition) is 3. The summed E-state index contributed by atoms with van der Waals surface area (Å²) < 4.78 is 7.05. The number of carbonyl (C=O) groups is 3. The number of carbonyl (C=O) groups excluding carboxylic acids is 2. The van der Waals surface area contributed by atoms with Crippen LogP contribution in [0, 0.1) is 5.92 Å². The summed E-state index contributed by atoms with van der Waals surface area (Å²) >= 11 is 0. The van der Waals surface area contributed by atoms with Gasteiger partial charge in [0.05, 0.1) is 29.9 Å². The topological polar surface area (TPSA) is 123 Å². The minimum atomic E-state index is -0.999. The molecule has 1 aromatic heterocycles. The normalized spacial score (nSPS) is 13.9. The Hall–Kier alpha value is -4.14. The second-order valence-electron chi connectivity index (χ2n) is 8.70. The van der Waals surface area contributed by atoms with Crippen molar-refractivity contribution in [1.82, 2.24) is 20.4 Å². The summed E-state index contributed by atoms with van der Waals surface area (Å²) in [5.41, 5.74) is 5.28. The van der Waals surface area contributed by atoms with E-state index in [1.54, 1.807) is 14.0 Å². The van der Waals surface area contributed by atoms with E-state index in [4.69, 9.17) is 9.84 Å². The Labute approximate surface area is 203 Å². The van der Waals surface area contributed by atoms with Gasteiger partial charge in [-0.3, -0.25) is 14.3 Å². The van der Waals surface area contributed by atoms with Crippen molar-refractivity contribution < 1.29 is 24.2 Å². The fraction of sp³-hybridized carbons (Fsp3) is 0.308. The second kappa shape index (κ2) is 10.0. The van der Waals surface area contributed by atoms with E-state index < -0.39 is 29.9 Å². The first-order chi connectivity index (χ1) is 16.8. The summed E-state index contributed by atoms with van der Waals surface area (Å²) in [6, 6.07) is 15.6. The maximum atomic E-state index is 12.7. The van der Waals surface area contributed by atoms with Gasteiger partial charge in [0.25, 0.3) is 5.91 Å². The molecule has 182 valence electrons. The lowest BCUT2D eigenvalue weighted by Gasteiger charge is -2.18. The molecule has 3 N–H and O–H groups in total. The molecule has 9 heteroatoms. The largest absolute Gasteiger partial charge is 0.481 e. The van der Waals surface area contributed by atoms with Gasteiger partial charge in [-0.2, -0.15) is 5.10 Å². The molecular formula is C26H28N4O5. The highest BCUT2D eigenvalue weighted by atomic mass is 16.5. The average Bonchev–Trinajstić information content (AvgIpc) is 3.38. The Bertz CT molecular complexity index is 1220. The molecule has 35 heavy (non-hydrogen) atoms. The number of benzene rings is 2. The molecule has 0 aliphatic heterocycles. The van der Waals surface area contributed by atoms with Gasteiger partial charge in [-0.25, -0.2) is 4.79 Å². The van der Waals surface area contributed by atoms with E-state index in [1.807, 2.05) is 36.4 Å². The SMILES string of the molecule is CC(NC(=O)c1cnn(C)c1CNC(=O)OCC1c2ccccc2-c2ccccc21)C(C)C(=O)O. The van der Waals surface area contributed by atoms with Gasteiger partial charge in [-0.05, 0) is 36.1 Å². The summed E-state index contributed by atoms with van der Waals surface area (Å²) in [5, 5.41) is 18.6. The molecule has 0 saturated carbocycles. The standard InChI is InChI=1S/C26H28N4O5/c1-15(25(32)33)16(2)29-24(31)21-12-28-30(3)23(21)13-27-26(34)35-14-22-19-10-6-4-8-17(19)18-9-5-7-11-20(18)22/h4-12,15-16,22H,13-14H2,1-3H3,(H,27,34)(H,29,31)(H,32,33). The number of carboxylic acids is 1. The first kappa shape index (κ1) is 24.0. The Morgan fingerprint density at radius 3 is 2.26 bits per heavy atom. The zero-order valence-corrected chi connectivity index (χ0v) is 19.8. The van der Waals surface area contributed by atoms with Crippen molar-refractivity contribution in [3.05, 3.63) is 77.1 Å². The number of fused-ring (bicyclic) bond motifs is 3. The highest BCUT2D eigenvalue weighted by Crippen LogP contribution is 2.44. The number of nitrogens with zero attached hydrogens (tertiary/aromatic N) is 2. The number of carboxylic acid groups (broad SMARTS) is 1. The number of aromatic nitrogens is 2. The first-order valence-corrected chi connectivity index (χ1v) is 11.4. The van der Waals surface area contributed by atoms with Crippen LogP contribution in [-0.2, 0) is 23.1 Å². The lowest BCUT2D eigenvalue weighted by atomic mass is 9.98. The second-order valence-corrected chi connectivity index (χ2v) is 8.70. The Morgan fingerprint density at radius 2 is 1.66 bits per heavy atom. The Kier molecular flexibility index (Phi) is 6.86. The third-order valence-corrected chi connectivity index (χ3v) is 6.55. The zero-order valence-electron chi connectivity index (χ0n) is 19.8. The van der Waals surface area contributed by atoms with Crippen molar-refractivity contribution in [2.24, 2.45) is 13.0 Å². The molecule has 2 aromatic carbocycles. The molecule has 0 bridgehead atoms. The molecule has 0 radical (unpaired) electrons. The summed E-state index contributed by atoms with van der Waals surface area (Å²) in [7, 11) is 1.66. The van der Waals surface area contributed by atoms with Crippen LogP contribution in [0.4, 0.5) is 4.79 Å². The number of ether oxygens (including phenoxy) is 1. The Balaban J connectivity index is 1.38. The van der Waals surface area contributed by atoms with E-state index >= 15 is 0 Å². The molecule has 1 aliphatic rings. The number of aliphatic carboxylic acids is 1. The van der Waals surface area contributed by atoms with E-state index in [-0.39, 0.29) is 24.6 Å². The maximum absolute atomic E-state index is 12.7. The number of hydrogen-bond acceptors (Lipinski definition) is 5. The molecule has 0 fully saturated rings. The number of rotatable bonds is 8. The highest BCUT2D eigenvalue weighted by Gasteiger charge is 2.29. The van der Waals surface area contributed by atoms with Crippen molar-refractivity contribution >= 4 is 18.0 Å². The van der Waals surface area contributed by atoms with Crippen molar-refractivity contribution in [3.63, 3.8) is 0 Å². The van der Waals surface area contributed by atoms with E-state index in [2.05, 4.69) is 27.9 Å². The van der Waals surface area contributed by atoms with Crippen LogP contribution in [0.1, 0.15) is 46.9 Å². The monoisotopic (exact) mass is 476 g/mol. The number of aryl methyl sites for hydroxylation is 1. The zero-order chi connectivity index (χ0) is 25.1. The van der Waals surface area contributed by atoms with E-state index in [0.717, 1.165) is 22.3 Å².